The number of ether oxygens (including phenoxy) is 2. The molecule has 0 atom stereocenters. The van der Waals surface area contributed by atoms with Crippen LogP contribution in [0.1, 0.15) is 33.3 Å². The molecule has 0 aliphatic heterocycles. The highest BCUT2D eigenvalue weighted by Gasteiger charge is 2.27. The van der Waals surface area contributed by atoms with Gasteiger partial charge in [0.15, 0.2) is 11.5 Å². The topological polar surface area (TPSA) is 38.7 Å². The van der Waals surface area contributed by atoms with Gasteiger partial charge in [-0.3, -0.25) is 0 Å². The maximum atomic E-state index is 9.55. The molecule has 0 saturated carbocycles. The van der Waals surface area contributed by atoms with E-state index in [1.165, 1.54) is 0 Å². The molecule has 1 rings (SSSR count). The minimum absolute atomic E-state index is 0.0427. The lowest BCUT2D eigenvalue weighted by Crippen LogP contribution is -2.24. The van der Waals surface area contributed by atoms with Gasteiger partial charge in [-0.05, 0) is 26.0 Å². The van der Waals surface area contributed by atoms with E-state index in [9.17, 15) is 5.11 Å². The summed E-state index contributed by atoms with van der Waals surface area (Å²) in [6.45, 7) is 7.93. The Morgan fingerprint density at radius 2 is 1.94 bits per heavy atom. The van der Waals surface area contributed by atoms with E-state index < -0.39 is 0 Å². The van der Waals surface area contributed by atoms with Crippen molar-refractivity contribution in [2.24, 2.45) is 0 Å². The summed E-state index contributed by atoms with van der Waals surface area (Å²) in [7, 11) is 1.62. The second kappa shape index (κ2) is 5.93. The van der Waals surface area contributed by atoms with Crippen LogP contribution in [0.2, 0.25) is 0 Å². The number of rotatable bonds is 5. The molecule has 0 fully saturated rings. The maximum Gasteiger partial charge on any atom is 0.165 e. The highest BCUT2D eigenvalue weighted by molar-refractivity contribution is 9.10. The van der Waals surface area contributed by atoms with E-state index in [-0.39, 0.29) is 18.1 Å². The highest BCUT2D eigenvalue weighted by Crippen LogP contribution is 2.41. The molecule has 1 aromatic rings. The Kier molecular flexibility index (Phi) is 5.05. The molecule has 0 aliphatic carbocycles. The highest BCUT2D eigenvalue weighted by atomic mass is 79.9. The number of benzene rings is 1. The van der Waals surface area contributed by atoms with Gasteiger partial charge in [0, 0.05) is 15.5 Å². The van der Waals surface area contributed by atoms with Crippen LogP contribution in [0, 0.1) is 0 Å². The van der Waals surface area contributed by atoms with Gasteiger partial charge in [0.2, 0.25) is 0 Å². The third kappa shape index (κ3) is 3.39. The van der Waals surface area contributed by atoms with Crippen molar-refractivity contribution in [1.82, 2.24) is 0 Å². The Labute approximate surface area is 117 Å². The molecule has 1 aromatic carbocycles. The predicted octanol–water partition coefficient (Wildman–Crippen LogP) is 3.51. The average Bonchev–Trinajstić information content (AvgIpc) is 2.30. The first-order valence-electron chi connectivity index (χ1n) is 5.97. The molecule has 1 N–H and O–H groups in total. The normalized spacial score (nSPS) is 11.8. The molecular weight excluding hydrogens is 296 g/mol. The van der Waals surface area contributed by atoms with Crippen molar-refractivity contribution >= 4 is 15.9 Å². The van der Waals surface area contributed by atoms with E-state index in [2.05, 4.69) is 15.9 Å². The fourth-order valence-corrected chi connectivity index (χ4v) is 2.10. The van der Waals surface area contributed by atoms with E-state index >= 15 is 0 Å². The molecule has 0 saturated heterocycles. The lowest BCUT2D eigenvalue weighted by Gasteiger charge is -2.27. The molecule has 3 nitrogen and oxygen atoms in total. The molecule has 18 heavy (non-hydrogen) atoms. The minimum Gasteiger partial charge on any atom is -0.493 e. The average molecular weight is 317 g/mol. The van der Waals surface area contributed by atoms with Crippen LogP contribution in [0.15, 0.2) is 16.6 Å². The van der Waals surface area contributed by atoms with Crippen molar-refractivity contribution in [2.45, 2.75) is 39.2 Å². The molecule has 0 spiro atoms. The minimum atomic E-state index is -0.388. The van der Waals surface area contributed by atoms with E-state index in [4.69, 9.17) is 9.47 Å². The van der Waals surface area contributed by atoms with Crippen LogP contribution >= 0.6 is 15.9 Å². The van der Waals surface area contributed by atoms with E-state index in [1.807, 2.05) is 39.8 Å². The molecule has 4 heteroatoms. The van der Waals surface area contributed by atoms with Crippen LogP contribution in [0.3, 0.4) is 0 Å². The Morgan fingerprint density at radius 3 is 2.39 bits per heavy atom. The van der Waals surface area contributed by atoms with E-state index in [1.54, 1.807) is 7.11 Å². The van der Waals surface area contributed by atoms with Gasteiger partial charge in [0.1, 0.15) is 0 Å². The van der Waals surface area contributed by atoms with Crippen molar-refractivity contribution in [3.63, 3.8) is 0 Å². The Hall–Kier alpha value is -0.740. The first-order chi connectivity index (χ1) is 8.31. The molecule has 0 aliphatic rings. The summed E-state index contributed by atoms with van der Waals surface area (Å²) in [5, 5.41) is 9.55. The zero-order valence-corrected chi connectivity index (χ0v) is 13.2. The number of hydrogen-bond donors (Lipinski definition) is 1. The van der Waals surface area contributed by atoms with E-state index in [0.717, 1.165) is 10.0 Å². The van der Waals surface area contributed by atoms with Crippen LogP contribution in [0.5, 0.6) is 11.5 Å². The summed E-state index contributed by atoms with van der Waals surface area (Å²) in [6, 6.07) is 3.84. The second-order valence-corrected chi connectivity index (χ2v) is 6.11. The van der Waals surface area contributed by atoms with Crippen LogP contribution in [0.4, 0.5) is 0 Å². The number of aliphatic hydroxyl groups excluding tert-OH is 1. The predicted molar refractivity (Wildman–Crippen MR) is 76.6 cm³/mol. The van der Waals surface area contributed by atoms with Gasteiger partial charge in [-0.2, -0.15) is 0 Å². The molecule has 102 valence electrons. The SMILES string of the molecule is COc1cc(Br)cc(C(C)(C)CO)c1OC(C)C. The fourth-order valence-electron chi connectivity index (χ4n) is 1.67. The largest absolute Gasteiger partial charge is 0.493 e. The van der Waals surface area contributed by atoms with Gasteiger partial charge in [-0.1, -0.05) is 29.8 Å². The summed E-state index contributed by atoms with van der Waals surface area (Å²) in [5.74, 6) is 1.38. The third-order valence-electron chi connectivity index (χ3n) is 2.72. The molecule has 0 heterocycles. The molecule has 0 unspecified atom stereocenters. The number of hydrogen-bond acceptors (Lipinski definition) is 3. The van der Waals surface area contributed by atoms with Crippen molar-refractivity contribution in [3.8, 4) is 11.5 Å². The van der Waals surface area contributed by atoms with Crippen LogP contribution in [-0.2, 0) is 5.41 Å². The van der Waals surface area contributed by atoms with Crippen LogP contribution in [-0.4, -0.2) is 24.9 Å². The number of halogens is 1. The van der Waals surface area contributed by atoms with Crippen molar-refractivity contribution in [1.29, 1.82) is 0 Å². The van der Waals surface area contributed by atoms with Gasteiger partial charge < -0.3 is 14.6 Å². The molecule has 0 bridgehead atoms. The first kappa shape index (κ1) is 15.3. The molecule has 0 amide bonds. The Morgan fingerprint density at radius 1 is 1.33 bits per heavy atom. The fraction of sp³-hybridized carbons (Fsp3) is 0.571. The summed E-state index contributed by atoms with van der Waals surface area (Å²) in [6.07, 6.45) is 0.0494. The first-order valence-corrected chi connectivity index (χ1v) is 6.76. The zero-order valence-electron chi connectivity index (χ0n) is 11.6. The summed E-state index contributed by atoms with van der Waals surface area (Å²) in [4.78, 5) is 0. The summed E-state index contributed by atoms with van der Waals surface area (Å²) >= 11 is 3.46. The molecule has 0 aromatic heterocycles. The Bertz CT molecular complexity index is 414. The van der Waals surface area contributed by atoms with Crippen LogP contribution < -0.4 is 9.47 Å². The maximum absolute atomic E-state index is 9.55. The monoisotopic (exact) mass is 316 g/mol. The Balaban J connectivity index is 3.41. The number of methoxy groups -OCH3 is 1. The van der Waals surface area contributed by atoms with Gasteiger partial charge in [-0.15, -0.1) is 0 Å². The lowest BCUT2D eigenvalue weighted by molar-refractivity contribution is 0.196. The standard InChI is InChI=1S/C14H21BrO3/c1-9(2)18-13-11(14(3,4)8-16)6-10(15)7-12(13)17-5/h6-7,9,16H,8H2,1-5H3. The van der Waals surface area contributed by atoms with Crippen LogP contribution in [0.25, 0.3) is 0 Å². The van der Waals surface area contributed by atoms with Crippen molar-refractivity contribution < 1.29 is 14.6 Å². The van der Waals surface area contributed by atoms with Gasteiger partial charge in [-0.25, -0.2) is 0 Å². The zero-order chi connectivity index (χ0) is 13.9. The third-order valence-corrected chi connectivity index (χ3v) is 3.18. The number of aliphatic hydroxyl groups is 1. The molecular formula is C14H21BrO3. The van der Waals surface area contributed by atoms with Gasteiger partial charge in [0.25, 0.3) is 0 Å². The van der Waals surface area contributed by atoms with Gasteiger partial charge >= 0.3 is 0 Å². The lowest BCUT2D eigenvalue weighted by atomic mass is 9.84. The second-order valence-electron chi connectivity index (χ2n) is 5.19. The van der Waals surface area contributed by atoms with Gasteiger partial charge in [0.05, 0.1) is 19.8 Å². The smallest absolute Gasteiger partial charge is 0.165 e. The summed E-state index contributed by atoms with van der Waals surface area (Å²) < 4.78 is 12.1. The van der Waals surface area contributed by atoms with Crippen molar-refractivity contribution in [2.75, 3.05) is 13.7 Å². The summed E-state index contributed by atoms with van der Waals surface area (Å²) in [5.41, 5.74) is 0.548. The van der Waals surface area contributed by atoms with Crippen molar-refractivity contribution in [3.05, 3.63) is 22.2 Å². The quantitative estimate of drug-likeness (QED) is 0.903. The van der Waals surface area contributed by atoms with E-state index in [0.29, 0.717) is 11.5 Å². The molecule has 0 radical (unpaired) electrons.